The van der Waals surface area contributed by atoms with Gasteiger partial charge in [0, 0.05) is 37.8 Å². The molecule has 176 valence electrons. The average molecular weight is 480 g/mol. The van der Waals surface area contributed by atoms with Crippen molar-refractivity contribution in [3.8, 4) is 5.75 Å². The lowest BCUT2D eigenvalue weighted by Gasteiger charge is -2.18. The first kappa shape index (κ1) is 23.6. The number of ether oxygens (including phenoxy) is 1. The highest BCUT2D eigenvalue weighted by molar-refractivity contribution is 8.18. The normalized spacial score (nSPS) is 19.3. The second-order valence-electron chi connectivity index (χ2n) is 8.14. The van der Waals surface area contributed by atoms with E-state index >= 15 is 0 Å². The Morgan fingerprint density at radius 1 is 1.18 bits per heavy atom. The highest BCUT2D eigenvalue weighted by Crippen LogP contribution is 2.32. The molecule has 34 heavy (non-hydrogen) atoms. The summed E-state index contributed by atoms with van der Waals surface area (Å²) in [7, 11) is 1.55. The number of aryl methyl sites for hydroxylation is 1. The van der Waals surface area contributed by atoms with Crippen LogP contribution in [0.25, 0.3) is 6.08 Å². The van der Waals surface area contributed by atoms with E-state index in [2.05, 4.69) is 5.32 Å². The summed E-state index contributed by atoms with van der Waals surface area (Å²) in [4.78, 5) is 53.1. The van der Waals surface area contributed by atoms with Gasteiger partial charge in [0.25, 0.3) is 11.1 Å². The summed E-state index contributed by atoms with van der Waals surface area (Å²) < 4.78 is 5.21. The summed E-state index contributed by atoms with van der Waals surface area (Å²) in [5.74, 6) is -0.659. The fourth-order valence-electron chi connectivity index (χ4n) is 3.85. The summed E-state index contributed by atoms with van der Waals surface area (Å²) in [6, 6.07) is 14.8. The Morgan fingerprint density at radius 3 is 2.68 bits per heavy atom. The monoisotopic (exact) mass is 479 g/mol. The highest BCUT2D eigenvalue weighted by Gasteiger charge is 2.37. The van der Waals surface area contributed by atoms with E-state index < -0.39 is 5.92 Å². The summed E-state index contributed by atoms with van der Waals surface area (Å²) in [6.45, 7) is 2.43. The Balaban J connectivity index is 1.30. The number of nitrogens with zero attached hydrogens (tertiary/aromatic N) is 2. The lowest BCUT2D eigenvalue weighted by atomic mass is 10.1. The van der Waals surface area contributed by atoms with E-state index in [1.807, 2.05) is 31.2 Å². The van der Waals surface area contributed by atoms with Gasteiger partial charge in [-0.3, -0.25) is 24.1 Å². The third-order valence-corrected chi connectivity index (χ3v) is 6.65. The van der Waals surface area contributed by atoms with Crippen molar-refractivity contribution >= 4 is 46.5 Å². The van der Waals surface area contributed by atoms with Crippen LogP contribution in [0.3, 0.4) is 0 Å². The van der Waals surface area contributed by atoms with E-state index in [0.717, 1.165) is 27.8 Å². The first-order chi connectivity index (χ1) is 16.4. The molecule has 0 spiro atoms. The van der Waals surface area contributed by atoms with Crippen LogP contribution < -0.4 is 15.0 Å². The van der Waals surface area contributed by atoms with E-state index in [9.17, 15) is 19.2 Å². The molecule has 1 atom stereocenters. The Hall–Kier alpha value is -3.59. The number of nitrogens with one attached hydrogen (secondary N) is 1. The molecule has 2 aromatic carbocycles. The van der Waals surface area contributed by atoms with Gasteiger partial charge in [0.15, 0.2) is 0 Å². The van der Waals surface area contributed by atoms with Crippen LogP contribution in [0, 0.1) is 12.8 Å². The van der Waals surface area contributed by atoms with Gasteiger partial charge in [0.05, 0.1) is 17.9 Å². The molecule has 0 radical (unpaired) electrons. The fraction of sp³-hybridized carbons (Fsp3) is 0.280. The number of amides is 4. The van der Waals surface area contributed by atoms with Crippen molar-refractivity contribution < 1.29 is 23.9 Å². The number of hydrogen-bond donors (Lipinski definition) is 1. The van der Waals surface area contributed by atoms with Crippen molar-refractivity contribution in [1.82, 2.24) is 10.2 Å². The molecule has 2 heterocycles. The molecular weight excluding hydrogens is 454 g/mol. The van der Waals surface area contributed by atoms with Gasteiger partial charge in [0.1, 0.15) is 5.75 Å². The summed E-state index contributed by atoms with van der Waals surface area (Å²) in [5.41, 5.74) is 2.63. The van der Waals surface area contributed by atoms with E-state index in [0.29, 0.717) is 16.3 Å². The molecule has 1 unspecified atom stereocenters. The number of hydrogen-bond acceptors (Lipinski definition) is 6. The molecule has 8 nitrogen and oxygen atoms in total. The van der Waals surface area contributed by atoms with Crippen LogP contribution in [-0.2, 0) is 14.4 Å². The molecule has 4 rings (SSSR count). The zero-order valence-electron chi connectivity index (χ0n) is 18.9. The maximum atomic E-state index is 12.7. The van der Waals surface area contributed by atoms with Crippen LogP contribution in [0.4, 0.5) is 10.5 Å². The number of imide groups is 1. The minimum absolute atomic E-state index is 0.0713. The third kappa shape index (κ3) is 5.14. The third-order valence-electron chi connectivity index (χ3n) is 5.74. The van der Waals surface area contributed by atoms with Crippen LogP contribution in [0.5, 0.6) is 5.75 Å². The maximum Gasteiger partial charge on any atom is 0.293 e. The van der Waals surface area contributed by atoms with E-state index in [-0.39, 0.29) is 49.0 Å². The molecule has 0 aromatic heterocycles. The molecule has 2 aliphatic rings. The SMILES string of the molecule is COc1cccc(N2CC(C(=O)NCCN3C(=O)S/C(=C\c4ccc(C)cc4)C3=O)CC2=O)c1. The molecule has 4 amide bonds. The van der Waals surface area contributed by atoms with Gasteiger partial charge in [-0.25, -0.2) is 0 Å². The lowest BCUT2D eigenvalue weighted by Crippen LogP contribution is -2.40. The Bertz CT molecular complexity index is 1160. The predicted octanol–water partition coefficient (Wildman–Crippen LogP) is 3.21. The van der Waals surface area contributed by atoms with Crippen molar-refractivity contribution in [2.24, 2.45) is 5.92 Å². The predicted molar refractivity (Wildman–Crippen MR) is 130 cm³/mol. The number of methoxy groups -OCH3 is 1. The second-order valence-corrected chi connectivity index (χ2v) is 9.14. The van der Waals surface area contributed by atoms with Gasteiger partial charge in [-0.05, 0) is 42.5 Å². The van der Waals surface area contributed by atoms with Gasteiger partial charge in [-0.15, -0.1) is 0 Å². The van der Waals surface area contributed by atoms with Crippen molar-refractivity contribution in [3.05, 3.63) is 64.6 Å². The van der Waals surface area contributed by atoms with Crippen molar-refractivity contribution in [1.29, 1.82) is 0 Å². The van der Waals surface area contributed by atoms with E-state index in [1.165, 1.54) is 0 Å². The minimum atomic E-state index is -0.505. The van der Waals surface area contributed by atoms with Crippen molar-refractivity contribution in [2.45, 2.75) is 13.3 Å². The van der Waals surface area contributed by atoms with Crippen LogP contribution in [0.15, 0.2) is 53.4 Å². The first-order valence-corrected chi connectivity index (χ1v) is 11.7. The molecule has 2 aliphatic heterocycles. The number of carbonyl (C=O) groups excluding carboxylic acids is 4. The molecule has 2 aromatic rings. The minimum Gasteiger partial charge on any atom is -0.497 e. The molecule has 9 heteroatoms. The zero-order valence-corrected chi connectivity index (χ0v) is 19.8. The molecule has 1 N–H and O–H groups in total. The van der Waals surface area contributed by atoms with Gasteiger partial charge >= 0.3 is 0 Å². The molecular formula is C25H25N3O5S. The van der Waals surface area contributed by atoms with Gasteiger partial charge in [-0.2, -0.15) is 0 Å². The largest absolute Gasteiger partial charge is 0.497 e. The quantitative estimate of drug-likeness (QED) is 0.613. The van der Waals surface area contributed by atoms with Crippen LogP contribution in [0.2, 0.25) is 0 Å². The maximum absolute atomic E-state index is 12.7. The van der Waals surface area contributed by atoms with E-state index in [4.69, 9.17) is 4.74 Å². The topological polar surface area (TPSA) is 96.0 Å². The summed E-state index contributed by atoms with van der Waals surface area (Å²) >= 11 is 0.890. The molecule has 0 saturated carbocycles. The number of rotatable bonds is 7. The molecule has 2 saturated heterocycles. The van der Waals surface area contributed by atoms with Gasteiger partial charge in [0.2, 0.25) is 11.8 Å². The smallest absolute Gasteiger partial charge is 0.293 e. The van der Waals surface area contributed by atoms with Crippen LogP contribution in [0.1, 0.15) is 17.5 Å². The van der Waals surface area contributed by atoms with Crippen molar-refractivity contribution in [2.75, 3.05) is 31.6 Å². The second kappa shape index (κ2) is 10.1. The number of benzene rings is 2. The summed E-state index contributed by atoms with van der Waals surface area (Å²) in [5, 5.41) is 2.40. The molecule has 0 bridgehead atoms. The number of thioether (sulfide) groups is 1. The number of carbonyl (C=O) groups is 4. The zero-order chi connectivity index (χ0) is 24.2. The van der Waals surface area contributed by atoms with Gasteiger partial charge in [-0.1, -0.05) is 35.9 Å². The van der Waals surface area contributed by atoms with E-state index in [1.54, 1.807) is 42.4 Å². The van der Waals surface area contributed by atoms with Crippen LogP contribution in [-0.4, -0.2) is 54.6 Å². The molecule has 2 fully saturated rings. The van der Waals surface area contributed by atoms with Crippen LogP contribution >= 0.6 is 11.8 Å². The Morgan fingerprint density at radius 2 is 1.94 bits per heavy atom. The standard InChI is InChI=1S/C25H25N3O5S/c1-16-6-8-17(9-7-16)12-21-24(31)27(25(32)34-21)11-10-26-23(30)18-13-22(29)28(15-18)19-4-3-5-20(14-19)33-2/h3-9,12,14,18H,10-11,13,15H2,1-2H3,(H,26,30)/b21-12-. The van der Waals surface area contributed by atoms with Gasteiger partial charge < -0.3 is 15.0 Å². The lowest BCUT2D eigenvalue weighted by molar-refractivity contribution is -0.127. The first-order valence-electron chi connectivity index (χ1n) is 10.9. The summed E-state index contributed by atoms with van der Waals surface area (Å²) in [6.07, 6.45) is 1.80. The fourth-order valence-corrected chi connectivity index (χ4v) is 4.72. The highest BCUT2D eigenvalue weighted by atomic mass is 32.2. The van der Waals surface area contributed by atoms with Crippen molar-refractivity contribution in [3.63, 3.8) is 0 Å². The average Bonchev–Trinajstić information content (AvgIpc) is 3.35. The Labute approximate surface area is 201 Å². The molecule has 0 aliphatic carbocycles. The Kier molecular flexibility index (Phi) is 7.02. The number of anilines is 1.